The zero-order valence-electron chi connectivity index (χ0n) is 20.1. The molecule has 4 heterocycles. The zero-order valence-corrected chi connectivity index (χ0v) is 21.0. The Morgan fingerprint density at radius 3 is 2.58 bits per heavy atom. The first kappa shape index (κ1) is 25.0. The normalized spacial score (nSPS) is 20.7. The van der Waals surface area contributed by atoms with Gasteiger partial charge < -0.3 is 9.74 Å². The average molecular weight is 552 g/mol. The van der Waals surface area contributed by atoms with Crippen molar-refractivity contribution in [3.05, 3.63) is 68.9 Å². The van der Waals surface area contributed by atoms with E-state index in [0.717, 1.165) is 28.6 Å². The molecule has 2 fully saturated rings. The third-order valence-electron chi connectivity index (χ3n) is 7.48. The number of thiazole rings is 1. The van der Waals surface area contributed by atoms with E-state index in [9.17, 15) is 26.7 Å². The first-order valence-electron chi connectivity index (χ1n) is 12.0. The molecule has 200 valence electrons. The predicted molar refractivity (Wildman–Crippen MR) is 126 cm³/mol. The molecule has 3 aliphatic rings. The molecule has 38 heavy (non-hydrogen) atoms. The lowest BCUT2D eigenvalue weighted by Gasteiger charge is -2.58. The Labute approximate surface area is 217 Å². The van der Waals surface area contributed by atoms with Crippen LogP contribution >= 0.6 is 11.3 Å². The van der Waals surface area contributed by atoms with Crippen LogP contribution in [0, 0.1) is 24.0 Å². The largest absolute Gasteiger partial charge is 0.435 e. The molecule has 1 saturated heterocycles. The summed E-state index contributed by atoms with van der Waals surface area (Å²) in [6, 6.07) is 4.60. The summed E-state index contributed by atoms with van der Waals surface area (Å²) in [7, 11) is 0. The Morgan fingerprint density at radius 1 is 1.21 bits per heavy atom. The highest BCUT2D eigenvalue weighted by Gasteiger charge is 2.54. The van der Waals surface area contributed by atoms with Crippen LogP contribution in [0.15, 0.2) is 34.8 Å². The third-order valence-corrected chi connectivity index (χ3v) is 8.49. The van der Waals surface area contributed by atoms with Crippen molar-refractivity contribution in [3.8, 4) is 0 Å². The van der Waals surface area contributed by atoms with Crippen LogP contribution < -0.4 is 0 Å². The number of carbonyl (C=O) groups excluding carboxylic acids is 1. The number of oxime groups is 1. The molecule has 0 bridgehead atoms. The van der Waals surface area contributed by atoms with Crippen molar-refractivity contribution in [1.82, 2.24) is 19.7 Å². The SMILES string of the molecule is Cc1cc(C(F)(F)F)nn1CC(=O)N1CC2(CC(c3nc(C4=NOC(c5c(F)cccc5F)C4)cs3)C2)C1. The maximum atomic E-state index is 14.1. The van der Waals surface area contributed by atoms with E-state index >= 15 is 0 Å². The van der Waals surface area contributed by atoms with Gasteiger partial charge in [0.15, 0.2) is 11.8 Å². The smallest absolute Gasteiger partial charge is 0.387 e. The second kappa shape index (κ2) is 8.85. The fourth-order valence-corrected chi connectivity index (χ4v) is 6.44. The van der Waals surface area contributed by atoms with E-state index < -0.39 is 29.6 Å². The molecule has 6 rings (SSSR count). The number of likely N-dealkylation sites (tertiary alicyclic amines) is 1. The maximum absolute atomic E-state index is 14.1. The minimum Gasteiger partial charge on any atom is -0.387 e. The van der Waals surface area contributed by atoms with Crippen molar-refractivity contribution in [1.29, 1.82) is 0 Å². The number of hydrogen-bond donors (Lipinski definition) is 0. The van der Waals surface area contributed by atoms with Gasteiger partial charge >= 0.3 is 6.18 Å². The number of alkyl halides is 3. The van der Waals surface area contributed by atoms with Gasteiger partial charge in [-0.25, -0.2) is 13.8 Å². The molecule has 0 N–H and O–H groups in total. The molecule has 13 heteroatoms. The van der Waals surface area contributed by atoms with E-state index in [1.54, 1.807) is 4.90 Å². The van der Waals surface area contributed by atoms with E-state index in [0.29, 0.717) is 24.5 Å². The average Bonchev–Trinajstić information content (AvgIpc) is 3.52. The predicted octanol–water partition coefficient (Wildman–Crippen LogP) is 5.22. The summed E-state index contributed by atoms with van der Waals surface area (Å²) in [6.07, 6.45) is -3.46. The molecular formula is C25H22F5N5O2S. The van der Waals surface area contributed by atoms with Gasteiger partial charge in [0.1, 0.15) is 23.9 Å². The maximum Gasteiger partial charge on any atom is 0.435 e. The van der Waals surface area contributed by atoms with Crippen LogP contribution in [0.4, 0.5) is 22.0 Å². The van der Waals surface area contributed by atoms with Gasteiger partial charge in [0.05, 0.1) is 16.3 Å². The van der Waals surface area contributed by atoms with Gasteiger partial charge in [0.2, 0.25) is 5.91 Å². The minimum absolute atomic E-state index is 0.00387. The van der Waals surface area contributed by atoms with Crippen molar-refractivity contribution in [3.63, 3.8) is 0 Å². The van der Waals surface area contributed by atoms with Crippen molar-refractivity contribution >= 4 is 23.0 Å². The lowest BCUT2D eigenvalue weighted by molar-refractivity contribution is -0.152. The monoisotopic (exact) mass is 551 g/mol. The number of carbonyl (C=O) groups is 1. The van der Waals surface area contributed by atoms with Gasteiger partial charge in [-0.1, -0.05) is 11.2 Å². The highest BCUT2D eigenvalue weighted by Crippen LogP contribution is 2.56. The van der Waals surface area contributed by atoms with Gasteiger partial charge in [-0.15, -0.1) is 11.3 Å². The van der Waals surface area contributed by atoms with Gasteiger partial charge in [-0.2, -0.15) is 18.3 Å². The summed E-state index contributed by atoms with van der Waals surface area (Å²) in [4.78, 5) is 24.3. The van der Waals surface area contributed by atoms with Crippen LogP contribution in [0.5, 0.6) is 0 Å². The molecule has 2 aromatic heterocycles. The Hall–Kier alpha value is -3.35. The van der Waals surface area contributed by atoms with Crippen molar-refractivity contribution in [2.75, 3.05) is 13.1 Å². The second-order valence-electron chi connectivity index (χ2n) is 10.2. The van der Waals surface area contributed by atoms with Crippen LogP contribution in [-0.2, 0) is 22.4 Å². The quantitative estimate of drug-likeness (QED) is 0.408. The molecule has 1 saturated carbocycles. The fraction of sp³-hybridized carbons (Fsp3) is 0.440. The molecule has 0 radical (unpaired) electrons. The third kappa shape index (κ3) is 4.36. The minimum atomic E-state index is -4.55. The number of hydrogen-bond acceptors (Lipinski definition) is 6. The standard InChI is InChI=1S/C25H22F5N5O2S/c1-13-5-20(25(28,29)30)32-35(13)9-21(36)34-11-24(12-34)7-14(8-24)23-31-18(10-38-23)17-6-19(37-33-17)22-15(26)3-2-4-16(22)27/h2-5,10,14,19H,6-9,11-12H2,1H3. The number of aromatic nitrogens is 3. The lowest BCUT2D eigenvalue weighted by atomic mass is 9.58. The van der Waals surface area contributed by atoms with Crippen LogP contribution in [0.3, 0.4) is 0 Å². The molecule has 1 aromatic carbocycles. The fourth-order valence-electron chi connectivity index (χ4n) is 5.50. The Morgan fingerprint density at radius 2 is 1.92 bits per heavy atom. The summed E-state index contributed by atoms with van der Waals surface area (Å²) >= 11 is 1.49. The van der Waals surface area contributed by atoms with Gasteiger partial charge in [0.25, 0.3) is 0 Å². The highest BCUT2D eigenvalue weighted by atomic mass is 32.1. The van der Waals surface area contributed by atoms with E-state index in [1.165, 1.54) is 36.5 Å². The first-order chi connectivity index (χ1) is 18.0. The Bertz CT molecular complexity index is 1410. The van der Waals surface area contributed by atoms with Crippen molar-refractivity contribution < 1.29 is 31.6 Å². The van der Waals surface area contributed by atoms with Crippen molar-refractivity contribution in [2.24, 2.45) is 10.6 Å². The van der Waals surface area contributed by atoms with Gasteiger partial charge in [-0.3, -0.25) is 9.48 Å². The molecule has 1 spiro atoms. The number of aryl methyl sites for hydroxylation is 1. The molecule has 3 aromatic rings. The molecule has 1 atom stereocenters. The Kier molecular flexibility index (Phi) is 5.82. The highest BCUT2D eigenvalue weighted by molar-refractivity contribution is 7.10. The van der Waals surface area contributed by atoms with Gasteiger partial charge in [0, 0.05) is 41.9 Å². The Balaban J connectivity index is 1.01. The lowest BCUT2D eigenvalue weighted by Crippen LogP contribution is -2.63. The summed E-state index contributed by atoms with van der Waals surface area (Å²) in [6.45, 7) is 2.39. The summed E-state index contributed by atoms with van der Waals surface area (Å²) in [5, 5.41) is 10.3. The summed E-state index contributed by atoms with van der Waals surface area (Å²) < 4.78 is 67.9. The van der Waals surface area contributed by atoms with E-state index in [-0.39, 0.29) is 41.5 Å². The molecule has 1 unspecified atom stereocenters. The van der Waals surface area contributed by atoms with E-state index in [1.807, 2.05) is 5.38 Å². The number of rotatable bonds is 5. The number of halogens is 5. The van der Waals surface area contributed by atoms with Crippen LogP contribution in [0.1, 0.15) is 58.9 Å². The molecule has 2 aliphatic heterocycles. The summed E-state index contributed by atoms with van der Waals surface area (Å²) in [5.74, 6) is -1.37. The topological polar surface area (TPSA) is 72.6 Å². The van der Waals surface area contributed by atoms with Crippen molar-refractivity contribution in [2.45, 2.75) is 50.9 Å². The number of amides is 1. The summed E-state index contributed by atoms with van der Waals surface area (Å²) in [5.41, 5.74) is 0.310. The zero-order chi connectivity index (χ0) is 26.8. The molecule has 1 aliphatic carbocycles. The van der Waals surface area contributed by atoms with Crippen LogP contribution in [0.2, 0.25) is 0 Å². The van der Waals surface area contributed by atoms with E-state index in [2.05, 4.69) is 15.2 Å². The van der Waals surface area contributed by atoms with Crippen LogP contribution in [0.25, 0.3) is 0 Å². The first-order valence-corrected chi connectivity index (χ1v) is 12.9. The molecular weight excluding hydrogens is 529 g/mol. The number of nitrogens with zero attached hydrogens (tertiary/aromatic N) is 5. The van der Waals surface area contributed by atoms with Crippen LogP contribution in [-0.4, -0.2) is 44.4 Å². The second-order valence-corrected chi connectivity index (χ2v) is 11.1. The number of benzene rings is 1. The van der Waals surface area contributed by atoms with Gasteiger partial charge in [-0.05, 0) is 38.0 Å². The van der Waals surface area contributed by atoms with E-state index in [4.69, 9.17) is 4.84 Å². The molecule has 7 nitrogen and oxygen atoms in total. The molecule has 1 amide bonds.